The minimum atomic E-state index is 0.597. The van der Waals surface area contributed by atoms with Crippen molar-refractivity contribution in [3.05, 3.63) is 36.2 Å². The molecule has 1 aliphatic carbocycles. The number of anilines is 1. The van der Waals surface area contributed by atoms with Gasteiger partial charge in [-0.15, -0.1) is 0 Å². The Kier molecular flexibility index (Phi) is 3.54. The summed E-state index contributed by atoms with van der Waals surface area (Å²) < 4.78 is 5.37. The molecule has 0 spiro atoms. The van der Waals surface area contributed by atoms with Gasteiger partial charge in [-0.05, 0) is 43.0 Å². The van der Waals surface area contributed by atoms with E-state index in [9.17, 15) is 0 Å². The molecule has 1 aliphatic rings. The average Bonchev–Trinajstić information content (AvgIpc) is 3.30. The van der Waals surface area contributed by atoms with Crippen LogP contribution < -0.4 is 10.1 Å². The van der Waals surface area contributed by atoms with Crippen LogP contribution in [0.2, 0.25) is 0 Å². The van der Waals surface area contributed by atoms with E-state index in [2.05, 4.69) is 28.3 Å². The largest absolute Gasteiger partial charge is 0.496 e. The maximum atomic E-state index is 5.37. The summed E-state index contributed by atoms with van der Waals surface area (Å²) in [5, 5.41) is 3.40. The SMILES string of the molecule is CCc1cc(-c2cc(NC3CC3)ncn2)ccc1OC. The number of benzene rings is 1. The lowest BCUT2D eigenvalue weighted by Gasteiger charge is -2.10. The summed E-state index contributed by atoms with van der Waals surface area (Å²) in [5.41, 5.74) is 3.24. The molecular formula is C16H19N3O. The molecule has 20 heavy (non-hydrogen) atoms. The first kappa shape index (κ1) is 12.9. The van der Waals surface area contributed by atoms with Crippen molar-refractivity contribution >= 4 is 5.82 Å². The predicted molar refractivity (Wildman–Crippen MR) is 80.0 cm³/mol. The number of hydrogen-bond acceptors (Lipinski definition) is 4. The van der Waals surface area contributed by atoms with Gasteiger partial charge >= 0.3 is 0 Å². The molecule has 1 aromatic carbocycles. The topological polar surface area (TPSA) is 47.0 Å². The van der Waals surface area contributed by atoms with Gasteiger partial charge in [0.05, 0.1) is 12.8 Å². The monoisotopic (exact) mass is 269 g/mol. The molecule has 0 atom stereocenters. The van der Waals surface area contributed by atoms with Gasteiger partial charge in [0, 0.05) is 17.7 Å². The van der Waals surface area contributed by atoms with Crippen molar-refractivity contribution in [2.45, 2.75) is 32.2 Å². The van der Waals surface area contributed by atoms with Gasteiger partial charge in [-0.1, -0.05) is 6.92 Å². The molecule has 3 rings (SSSR count). The lowest BCUT2D eigenvalue weighted by atomic mass is 10.0. The number of rotatable bonds is 5. The van der Waals surface area contributed by atoms with Gasteiger partial charge < -0.3 is 10.1 Å². The van der Waals surface area contributed by atoms with Crippen LogP contribution in [0.15, 0.2) is 30.6 Å². The molecule has 1 N–H and O–H groups in total. The quantitative estimate of drug-likeness (QED) is 0.904. The molecule has 2 aromatic rings. The molecule has 1 saturated carbocycles. The smallest absolute Gasteiger partial charge is 0.130 e. The van der Waals surface area contributed by atoms with Crippen LogP contribution in [0.1, 0.15) is 25.3 Å². The van der Waals surface area contributed by atoms with Gasteiger partial charge in [-0.3, -0.25) is 0 Å². The number of ether oxygens (including phenoxy) is 1. The summed E-state index contributed by atoms with van der Waals surface area (Å²) in [6.45, 7) is 2.13. The summed E-state index contributed by atoms with van der Waals surface area (Å²) in [6, 6.07) is 8.80. The molecule has 1 fully saturated rings. The van der Waals surface area contributed by atoms with Gasteiger partial charge in [-0.2, -0.15) is 0 Å². The summed E-state index contributed by atoms with van der Waals surface area (Å²) in [6.07, 6.45) is 5.04. The van der Waals surface area contributed by atoms with Gasteiger partial charge in [0.1, 0.15) is 17.9 Å². The van der Waals surface area contributed by atoms with Crippen molar-refractivity contribution < 1.29 is 4.74 Å². The fourth-order valence-electron chi connectivity index (χ4n) is 2.25. The van der Waals surface area contributed by atoms with Crippen LogP contribution >= 0.6 is 0 Å². The second kappa shape index (κ2) is 5.49. The second-order valence-electron chi connectivity index (χ2n) is 5.09. The molecule has 0 amide bonds. The molecule has 0 unspecified atom stereocenters. The normalized spacial score (nSPS) is 14.1. The van der Waals surface area contributed by atoms with E-state index in [1.54, 1.807) is 13.4 Å². The lowest BCUT2D eigenvalue weighted by molar-refractivity contribution is 0.410. The van der Waals surface area contributed by atoms with Crippen molar-refractivity contribution in [1.82, 2.24) is 9.97 Å². The highest BCUT2D eigenvalue weighted by Gasteiger charge is 2.21. The van der Waals surface area contributed by atoms with Gasteiger partial charge in [-0.25, -0.2) is 9.97 Å². The Bertz CT molecular complexity index is 608. The Morgan fingerprint density at radius 3 is 2.80 bits per heavy atom. The first-order chi connectivity index (χ1) is 9.80. The number of aryl methyl sites for hydroxylation is 1. The van der Waals surface area contributed by atoms with E-state index in [1.807, 2.05) is 18.2 Å². The van der Waals surface area contributed by atoms with Crippen molar-refractivity contribution in [2.24, 2.45) is 0 Å². The number of nitrogens with one attached hydrogen (secondary N) is 1. The standard InChI is InChI=1S/C16H19N3O/c1-3-11-8-12(4-7-15(11)20-2)14-9-16(18-10-17-14)19-13-5-6-13/h4,7-10,13H,3,5-6H2,1-2H3,(H,17,18,19). The molecule has 104 valence electrons. The van der Waals surface area contributed by atoms with Crippen LogP contribution in [-0.4, -0.2) is 23.1 Å². The first-order valence-corrected chi connectivity index (χ1v) is 7.06. The predicted octanol–water partition coefficient (Wildman–Crippen LogP) is 3.29. The zero-order chi connectivity index (χ0) is 13.9. The highest BCUT2D eigenvalue weighted by molar-refractivity contribution is 5.64. The fourth-order valence-corrected chi connectivity index (χ4v) is 2.25. The maximum Gasteiger partial charge on any atom is 0.130 e. The minimum Gasteiger partial charge on any atom is -0.496 e. The summed E-state index contributed by atoms with van der Waals surface area (Å²) >= 11 is 0. The Hall–Kier alpha value is -2.10. The van der Waals surface area contributed by atoms with Crippen molar-refractivity contribution in [3.8, 4) is 17.0 Å². The van der Waals surface area contributed by atoms with Crippen LogP contribution in [0, 0.1) is 0 Å². The van der Waals surface area contributed by atoms with E-state index >= 15 is 0 Å². The number of nitrogens with zero attached hydrogens (tertiary/aromatic N) is 2. The van der Waals surface area contributed by atoms with E-state index in [4.69, 9.17) is 4.74 Å². The van der Waals surface area contributed by atoms with E-state index in [-0.39, 0.29) is 0 Å². The Balaban J connectivity index is 1.91. The molecule has 4 nitrogen and oxygen atoms in total. The Morgan fingerprint density at radius 2 is 2.10 bits per heavy atom. The summed E-state index contributed by atoms with van der Waals surface area (Å²) in [4.78, 5) is 8.65. The highest BCUT2D eigenvalue weighted by Crippen LogP contribution is 2.28. The molecule has 1 aromatic heterocycles. The molecule has 0 bridgehead atoms. The van der Waals surface area contributed by atoms with Gasteiger partial charge in [0.15, 0.2) is 0 Å². The third kappa shape index (κ3) is 2.74. The zero-order valence-electron chi connectivity index (χ0n) is 11.9. The second-order valence-corrected chi connectivity index (χ2v) is 5.09. The maximum absolute atomic E-state index is 5.37. The molecule has 0 saturated heterocycles. The van der Waals surface area contributed by atoms with Crippen LogP contribution in [0.25, 0.3) is 11.3 Å². The third-order valence-electron chi connectivity index (χ3n) is 3.55. The first-order valence-electron chi connectivity index (χ1n) is 7.06. The average molecular weight is 269 g/mol. The molecule has 1 heterocycles. The molecule has 4 heteroatoms. The van der Waals surface area contributed by atoms with Crippen molar-refractivity contribution in [2.75, 3.05) is 12.4 Å². The number of methoxy groups -OCH3 is 1. The van der Waals surface area contributed by atoms with Gasteiger partial charge in [0.2, 0.25) is 0 Å². The summed E-state index contributed by atoms with van der Waals surface area (Å²) in [7, 11) is 1.70. The van der Waals surface area contributed by atoms with Crippen LogP contribution in [-0.2, 0) is 6.42 Å². The Morgan fingerprint density at radius 1 is 1.25 bits per heavy atom. The lowest BCUT2D eigenvalue weighted by Crippen LogP contribution is -2.03. The molecular weight excluding hydrogens is 250 g/mol. The minimum absolute atomic E-state index is 0.597. The van der Waals surface area contributed by atoms with E-state index in [0.717, 1.165) is 29.2 Å². The van der Waals surface area contributed by atoms with Crippen LogP contribution in [0.4, 0.5) is 5.82 Å². The summed E-state index contributed by atoms with van der Waals surface area (Å²) in [5.74, 6) is 1.84. The zero-order valence-corrected chi connectivity index (χ0v) is 11.9. The van der Waals surface area contributed by atoms with Crippen LogP contribution in [0.3, 0.4) is 0 Å². The van der Waals surface area contributed by atoms with E-state index < -0.39 is 0 Å². The fraction of sp³-hybridized carbons (Fsp3) is 0.375. The number of hydrogen-bond donors (Lipinski definition) is 1. The van der Waals surface area contributed by atoms with Gasteiger partial charge in [0.25, 0.3) is 0 Å². The number of aromatic nitrogens is 2. The van der Waals surface area contributed by atoms with Crippen LogP contribution in [0.5, 0.6) is 5.75 Å². The van der Waals surface area contributed by atoms with Crippen molar-refractivity contribution in [3.63, 3.8) is 0 Å². The van der Waals surface area contributed by atoms with Crippen molar-refractivity contribution in [1.29, 1.82) is 0 Å². The molecule has 0 radical (unpaired) electrons. The molecule has 0 aliphatic heterocycles. The Labute approximate surface area is 119 Å². The highest BCUT2D eigenvalue weighted by atomic mass is 16.5. The third-order valence-corrected chi connectivity index (χ3v) is 3.55. The van der Waals surface area contributed by atoms with E-state index in [0.29, 0.717) is 6.04 Å². The van der Waals surface area contributed by atoms with E-state index in [1.165, 1.54) is 18.4 Å².